The van der Waals surface area contributed by atoms with E-state index in [0.717, 1.165) is 17.8 Å². The minimum absolute atomic E-state index is 0.520. The van der Waals surface area contributed by atoms with E-state index >= 15 is 0 Å². The molecule has 1 aromatic rings. The Bertz CT molecular complexity index is 774. The average molecular weight is 319 g/mol. The fourth-order valence-corrected chi connectivity index (χ4v) is 3.16. The molecule has 0 radical (unpaired) electrons. The summed E-state index contributed by atoms with van der Waals surface area (Å²) in [6, 6.07) is -1.38. The van der Waals surface area contributed by atoms with Gasteiger partial charge in [0.1, 0.15) is 6.04 Å². The summed E-state index contributed by atoms with van der Waals surface area (Å²) in [5, 5.41) is 9.01. The van der Waals surface area contributed by atoms with Gasteiger partial charge in [0, 0.05) is 20.3 Å². The Hall–Kier alpha value is -1.94. The Morgan fingerprint density at radius 1 is 1.29 bits per heavy atom. The van der Waals surface area contributed by atoms with Gasteiger partial charge in [-0.15, -0.1) is 0 Å². The number of aryl methyl sites for hydroxylation is 1. The first-order chi connectivity index (χ1) is 9.49. The maximum absolute atomic E-state index is 12.2. The summed E-state index contributed by atoms with van der Waals surface area (Å²) in [6.45, 7) is 3.06. The van der Waals surface area contributed by atoms with Crippen molar-refractivity contribution in [2.45, 2.75) is 24.8 Å². The van der Waals surface area contributed by atoms with E-state index in [9.17, 15) is 22.8 Å². The normalized spacial score (nSPS) is 13.4. The van der Waals surface area contributed by atoms with Gasteiger partial charge in [-0.1, -0.05) is 13.8 Å². The number of carboxylic acid groups (broad SMARTS) is 1. The molecule has 10 heteroatoms. The largest absolute Gasteiger partial charge is 0.480 e. The van der Waals surface area contributed by atoms with E-state index in [0.29, 0.717) is 4.57 Å². The predicted octanol–water partition coefficient (Wildman–Crippen LogP) is -1.53. The first kappa shape index (κ1) is 17.1. The van der Waals surface area contributed by atoms with Gasteiger partial charge in [-0.05, 0) is 5.92 Å². The number of aliphatic carboxylic acids is 1. The van der Waals surface area contributed by atoms with Crippen molar-refractivity contribution in [3.63, 3.8) is 0 Å². The number of aromatic nitrogens is 2. The van der Waals surface area contributed by atoms with Gasteiger partial charge < -0.3 is 9.67 Å². The molecule has 0 bridgehead atoms. The Labute approximate surface area is 120 Å². The van der Waals surface area contributed by atoms with E-state index < -0.39 is 44.1 Å². The molecule has 0 amide bonds. The number of nitrogens with one attached hydrogen (secondary N) is 1. The second-order valence-corrected chi connectivity index (χ2v) is 6.61. The van der Waals surface area contributed by atoms with E-state index in [1.807, 2.05) is 4.72 Å². The zero-order chi connectivity index (χ0) is 16.5. The Kier molecular flexibility index (Phi) is 4.74. The van der Waals surface area contributed by atoms with Crippen molar-refractivity contribution in [2.75, 3.05) is 0 Å². The maximum atomic E-state index is 12.2. The minimum Gasteiger partial charge on any atom is -0.480 e. The van der Waals surface area contributed by atoms with Gasteiger partial charge in [-0.3, -0.25) is 14.2 Å². The van der Waals surface area contributed by atoms with Crippen LogP contribution in [0, 0.1) is 5.92 Å². The van der Waals surface area contributed by atoms with Crippen molar-refractivity contribution in [3.05, 3.63) is 27.0 Å². The molecule has 1 heterocycles. The quantitative estimate of drug-likeness (QED) is 0.678. The Morgan fingerprint density at radius 2 is 1.81 bits per heavy atom. The van der Waals surface area contributed by atoms with Crippen LogP contribution in [0.2, 0.25) is 0 Å². The second-order valence-electron chi connectivity index (χ2n) is 4.93. The number of hydrogen-bond donors (Lipinski definition) is 2. The molecule has 2 N–H and O–H groups in total. The number of carbonyl (C=O) groups is 1. The minimum atomic E-state index is -4.37. The second kappa shape index (κ2) is 5.82. The van der Waals surface area contributed by atoms with E-state index in [1.54, 1.807) is 0 Å². The van der Waals surface area contributed by atoms with Crippen molar-refractivity contribution >= 4 is 16.0 Å². The molecule has 118 valence electrons. The molecule has 9 nitrogen and oxygen atoms in total. The van der Waals surface area contributed by atoms with Crippen LogP contribution in [0.5, 0.6) is 0 Å². The molecule has 21 heavy (non-hydrogen) atoms. The maximum Gasteiger partial charge on any atom is 0.330 e. The van der Waals surface area contributed by atoms with E-state index in [2.05, 4.69) is 0 Å². The number of rotatable bonds is 5. The Morgan fingerprint density at radius 3 is 2.24 bits per heavy atom. The molecular formula is C11H17N3O6S. The molecule has 0 unspecified atom stereocenters. The lowest BCUT2D eigenvalue weighted by molar-refractivity contribution is -0.140. The van der Waals surface area contributed by atoms with Gasteiger partial charge in [0.05, 0.1) is 0 Å². The summed E-state index contributed by atoms with van der Waals surface area (Å²) in [5.41, 5.74) is -1.70. The van der Waals surface area contributed by atoms with Crippen molar-refractivity contribution < 1.29 is 18.3 Å². The number of carboxylic acids is 1. The molecule has 0 saturated carbocycles. The van der Waals surface area contributed by atoms with Crippen molar-refractivity contribution in [3.8, 4) is 0 Å². The van der Waals surface area contributed by atoms with Crippen LogP contribution in [0.4, 0.5) is 0 Å². The highest BCUT2D eigenvalue weighted by Crippen LogP contribution is 2.07. The number of nitrogens with zero attached hydrogens (tertiary/aromatic N) is 2. The summed E-state index contributed by atoms with van der Waals surface area (Å²) in [6.07, 6.45) is 0.867. The van der Waals surface area contributed by atoms with Crippen LogP contribution in [0.1, 0.15) is 13.8 Å². The van der Waals surface area contributed by atoms with Gasteiger partial charge in [-0.2, -0.15) is 4.72 Å². The summed E-state index contributed by atoms with van der Waals surface area (Å²) in [4.78, 5) is 33.8. The summed E-state index contributed by atoms with van der Waals surface area (Å²) < 4.78 is 27.9. The number of sulfonamides is 1. The average Bonchev–Trinajstić information content (AvgIpc) is 2.37. The fourth-order valence-electron chi connectivity index (χ4n) is 1.66. The van der Waals surface area contributed by atoms with Crippen LogP contribution in [0.3, 0.4) is 0 Å². The molecule has 0 aliphatic heterocycles. The highest BCUT2D eigenvalue weighted by Gasteiger charge is 2.30. The molecular weight excluding hydrogens is 302 g/mol. The topological polar surface area (TPSA) is 127 Å². The lowest BCUT2D eigenvalue weighted by Crippen LogP contribution is -2.47. The van der Waals surface area contributed by atoms with E-state index in [1.165, 1.54) is 20.9 Å². The van der Waals surface area contributed by atoms with Crippen molar-refractivity contribution in [1.82, 2.24) is 13.9 Å². The molecule has 0 aliphatic carbocycles. The summed E-state index contributed by atoms with van der Waals surface area (Å²) >= 11 is 0. The third kappa shape index (κ3) is 3.39. The summed E-state index contributed by atoms with van der Waals surface area (Å²) in [5.74, 6) is -1.87. The molecule has 1 atom stereocenters. The Balaban J connectivity index is 3.43. The van der Waals surface area contributed by atoms with E-state index in [4.69, 9.17) is 5.11 Å². The fraction of sp³-hybridized carbons (Fsp3) is 0.545. The first-order valence-electron chi connectivity index (χ1n) is 6.01. The van der Waals surface area contributed by atoms with Crippen LogP contribution in [0.15, 0.2) is 20.7 Å². The lowest BCUT2D eigenvalue weighted by Gasteiger charge is -2.18. The van der Waals surface area contributed by atoms with Gasteiger partial charge in [-0.25, -0.2) is 13.2 Å². The van der Waals surface area contributed by atoms with Gasteiger partial charge >= 0.3 is 11.7 Å². The first-order valence-corrected chi connectivity index (χ1v) is 7.49. The molecule has 0 spiro atoms. The molecule has 0 saturated heterocycles. The SMILES string of the molecule is CC(C)[C@@H](NS(=O)(=O)c1cn(C)c(=O)n(C)c1=O)C(=O)O. The highest BCUT2D eigenvalue weighted by molar-refractivity contribution is 7.89. The smallest absolute Gasteiger partial charge is 0.330 e. The molecule has 0 fully saturated rings. The van der Waals surface area contributed by atoms with E-state index in [-0.39, 0.29) is 0 Å². The highest BCUT2D eigenvalue weighted by atomic mass is 32.2. The van der Waals surface area contributed by atoms with Crippen LogP contribution in [0.25, 0.3) is 0 Å². The third-order valence-electron chi connectivity index (χ3n) is 2.92. The van der Waals surface area contributed by atoms with Crippen LogP contribution in [-0.2, 0) is 28.9 Å². The summed E-state index contributed by atoms with van der Waals surface area (Å²) in [7, 11) is -1.94. The monoisotopic (exact) mass is 319 g/mol. The number of hydrogen-bond acceptors (Lipinski definition) is 5. The molecule has 0 aliphatic rings. The zero-order valence-corrected chi connectivity index (χ0v) is 12.8. The zero-order valence-electron chi connectivity index (χ0n) is 12.0. The standard InChI is InChI=1S/C11H17N3O6S/c1-6(2)8(10(16)17)12-21(19,20)7-5-13(3)11(18)14(4)9(7)15/h5-6,8,12H,1-4H3,(H,16,17)/t8-/m1/s1. The third-order valence-corrected chi connectivity index (χ3v) is 4.34. The van der Waals surface area contributed by atoms with Crippen molar-refractivity contribution in [2.24, 2.45) is 20.0 Å². The van der Waals surface area contributed by atoms with Gasteiger partial charge in [0.25, 0.3) is 5.56 Å². The predicted molar refractivity (Wildman–Crippen MR) is 73.5 cm³/mol. The lowest BCUT2D eigenvalue weighted by atomic mass is 10.1. The molecule has 0 aromatic carbocycles. The van der Waals surface area contributed by atoms with Crippen LogP contribution < -0.4 is 16.0 Å². The molecule has 1 rings (SSSR count). The van der Waals surface area contributed by atoms with Crippen LogP contribution in [-0.4, -0.2) is 34.7 Å². The molecule has 1 aromatic heterocycles. The van der Waals surface area contributed by atoms with Gasteiger partial charge in [0.2, 0.25) is 10.0 Å². The van der Waals surface area contributed by atoms with Gasteiger partial charge in [0.15, 0.2) is 4.90 Å². The van der Waals surface area contributed by atoms with Crippen molar-refractivity contribution in [1.29, 1.82) is 0 Å². The van der Waals surface area contributed by atoms with Crippen LogP contribution >= 0.6 is 0 Å².